The second kappa shape index (κ2) is 5.72. The van der Waals surface area contributed by atoms with Gasteiger partial charge >= 0.3 is 0 Å². The molecule has 3 heteroatoms. The molecule has 2 rings (SSSR count). The fourth-order valence-electron chi connectivity index (χ4n) is 2.97. The molecule has 2 unspecified atom stereocenters. The third-order valence-electron chi connectivity index (χ3n) is 3.73. The van der Waals surface area contributed by atoms with Crippen LogP contribution in [0.2, 0.25) is 0 Å². The molecule has 0 bridgehead atoms. The number of aryl methyl sites for hydroxylation is 1. The van der Waals surface area contributed by atoms with Crippen LogP contribution in [0.1, 0.15) is 56.5 Å². The fourth-order valence-corrected chi connectivity index (χ4v) is 3.96. The monoisotopic (exact) mass is 267 g/mol. The van der Waals surface area contributed by atoms with E-state index < -0.39 is 0 Å². The molecule has 1 aromatic heterocycles. The van der Waals surface area contributed by atoms with Crippen LogP contribution >= 0.6 is 11.3 Å². The van der Waals surface area contributed by atoms with E-state index in [-0.39, 0.29) is 11.5 Å². The molecule has 2 N–H and O–H groups in total. The van der Waals surface area contributed by atoms with Gasteiger partial charge in [-0.25, -0.2) is 0 Å². The maximum absolute atomic E-state index is 9.52. The molecule has 18 heavy (non-hydrogen) atoms. The molecule has 0 amide bonds. The summed E-state index contributed by atoms with van der Waals surface area (Å²) in [7, 11) is 0. The third kappa shape index (κ3) is 3.56. The lowest BCUT2D eigenvalue weighted by molar-refractivity contribution is 0.126. The summed E-state index contributed by atoms with van der Waals surface area (Å²) >= 11 is 1.89. The number of hydrogen-bond acceptors (Lipinski definition) is 3. The Morgan fingerprint density at radius 2 is 2.33 bits per heavy atom. The second-order valence-electron chi connectivity index (χ2n) is 6.34. The van der Waals surface area contributed by atoms with Crippen molar-refractivity contribution in [2.75, 3.05) is 6.54 Å². The van der Waals surface area contributed by atoms with Crippen molar-refractivity contribution in [1.29, 1.82) is 0 Å². The molecule has 0 radical (unpaired) electrons. The number of aliphatic hydroxyl groups excluding tert-OH is 1. The molecule has 102 valence electrons. The standard InChI is InChI=1S/C15H25NOS/c1-11(17)9-15(2,3)10-16-13-5-4-6-14-12(13)7-8-18-14/h7-8,11,13,16-17H,4-6,9-10H2,1-3H3. The number of thiophene rings is 1. The molecule has 1 heterocycles. The van der Waals surface area contributed by atoms with Crippen molar-refractivity contribution in [3.63, 3.8) is 0 Å². The van der Waals surface area contributed by atoms with Crippen molar-refractivity contribution in [3.8, 4) is 0 Å². The summed E-state index contributed by atoms with van der Waals surface area (Å²) in [6, 6.07) is 2.80. The van der Waals surface area contributed by atoms with Gasteiger partial charge in [0.2, 0.25) is 0 Å². The Hall–Kier alpha value is -0.380. The van der Waals surface area contributed by atoms with Gasteiger partial charge in [-0.3, -0.25) is 0 Å². The van der Waals surface area contributed by atoms with Gasteiger partial charge in [0, 0.05) is 17.5 Å². The summed E-state index contributed by atoms with van der Waals surface area (Å²) in [6.07, 6.45) is 4.42. The van der Waals surface area contributed by atoms with Gasteiger partial charge in [0.1, 0.15) is 0 Å². The number of fused-ring (bicyclic) bond motifs is 1. The van der Waals surface area contributed by atoms with Crippen molar-refractivity contribution < 1.29 is 5.11 Å². The molecule has 1 aromatic rings. The number of aliphatic hydroxyl groups is 1. The summed E-state index contributed by atoms with van der Waals surface area (Å²) in [5, 5.41) is 15.4. The summed E-state index contributed by atoms with van der Waals surface area (Å²) in [6.45, 7) is 7.30. The van der Waals surface area contributed by atoms with Crippen LogP contribution in [-0.2, 0) is 6.42 Å². The average Bonchev–Trinajstić information content (AvgIpc) is 2.72. The van der Waals surface area contributed by atoms with E-state index in [2.05, 4.69) is 30.6 Å². The van der Waals surface area contributed by atoms with E-state index >= 15 is 0 Å². The van der Waals surface area contributed by atoms with Gasteiger partial charge in [-0.1, -0.05) is 13.8 Å². The summed E-state index contributed by atoms with van der Waals surface area (Å²) in [4.78, 5) is 1.56. The highest BCUT2D eigenvalue weighted by Gasteiger charge is 2.25. The number of nitrogens with one attached hydrogen (secondary N) is 1. The van der Waals surface area contributed by atoms with Gasteiger partial charge < -0.3 is 10.4 Å². The van der Waals surface area contributed by atoms with E-state index in [1.54, 1.807) is 4.88 Å². The third-order valence-corrected chi connectivity index (χ3v) is 4.72. The predicted molar refractivity (Wildman–Crippen MR) is 78.1 cm³/mol. The molecule has 0 saturated heterocycles. The van der Waals surface area contributed by atoms with E-state index in [1.807, 2.05) is 18.3 Å². The normalized spacial score (nSPS) is 21.7. The van der Waals surface area contributed by atoms with Crippen molar-refractivity contribution in [2.45, 2.75) is 58.6 Å². The van der Waals surface area contributed by atoms with Crippen molar-refractivity contribution in [2.24, 2.45) is 5.41 Å². The Morgan fingerprint density at radius 3 is 3.06 bits per heavy atom. The topological polar surface area (TPSA) is 32.3 Å². The molecule has 0 spiro atoms. The maximum atomic E-state index is 9.52. The van der Waals surface area contributed by atoms with Gasteiger partial charge in [0.25, 0.3) is 0 Å². The second-order valence-corrected chi connectivity index (χ2v) is 7.34. The Labute approximate surface area is 114 Å². The summed E-state index contributed by atoms with van der Waals surface area (Å²) in [5.41, 5.74) is 1.67. The zero-order valence-electron chi connectivity index (χ0n) is 11.7. The zero-order chi connectivity index (χ0) is 13.2. The first-order valence-corrected chi connectivity index (χ1v) is 7.84. The van der Waals surface area contributed by atoms with Crippen LogP contribution in [0.3, 0.4) is 0 Å². The van der Waals surface area contributed by atoms with Crippen LogP contribution in [0.4, 0.5) is 0 Å². The Morgan fingerprint density at radius 1 is 1.56 bits per heavy atom. The minimum Gasteiger partial charge on any atom is -0.393 e. The van der Waals surface area contributed by atoms with E-state index in [1.165, 1.54) is 24.8 Å². The van der Waals surface area contributed by atoms with Crippen molar-refractivity contribution >= 4 is 11.3 Å². The highest BCUT2D eigenvalue weighted by molar-refractivity contribution is 7.10. The van der Waals surface area contributed by atoms with Crippen molar-refractivity contribution in [3.05, 3.63) is 21.9 Å². The Balaban J connectivity index is 1.92. The van der Waals surface area contributed by atoms with E-state index in [9.17, 15) is 5.11 Å². The lowest BCUT2D eigenvalue weighted by Gasteiger charge is -2.31. The van der Waals surface area contributed by atoms with Crippen LogP contribution in [0.15, 0.2) is 11.4 Å². The molecule has 2 atom stereocenters. The van der Waals surface area contributed by atoms with Crippen LogP contribution in [0, 0.1) is 5.41 Å². The highest BCUT2D eigenvalue weighted by atomic mass is 32.1. The van der Waals surface area contributed by atoms with Gasteiger partial charge in [-0.2, -0.15) is 0 Å². The van der Waals surface area contributed by atoms with Crippen LogP contribution < -0.4 is 5.32 Å². The quantitative estimate of drug-likeness (QED) is 0.855. The SMILES string of the molecule is CC(O)CC(C)(C)CNC1CCCc2sccc21. The van der Waals surface area contributed by atoms with Gasteiger partial charge in [-0.15, -0.1) is 11.3 Å². The first-order chi connectivity index (χ1) is 8.48. The molecular weight excluding hydrogens is 242 g/mol. The molecule has 0 saturated carbocycles. The molecule has 0 fully saturated rings. The molecule has 0 aromatic carbocycles. The minimum absolute atomic E-state index is 0.155. The van der Waals surface area contributed by atoms with Gasteiger partial charge in [0.15, 0.2) is 0 Å². The van der Waals surface area contributed by atoms with Gasteiger partial charge in [-0.05, 0) is 55.0 Å². The Bertz CT molecular complexity index is 384. The first-order valence-electron chi connectivity index (χ1n) is 6.96. The first kappa shape index (κ1) is 14.0. The van der Waals surface area contributed by atoms with Crippen LogP contribution in [0.5, 0.6) is 0 Å². The van der Waals surface area contributed by atoms with E-state index in [0.717, 1.165) is 13.0 Å². The number of rotatable bonds is 5. The van der Waals surface area contributed by atoms with Crippen molar-refractivity contribution in [1.82, 2.24) is 5.32 Å². The lowest BCUT2D eigenvalue weighted by atomic mass is 9.85. The molecule has 2 nitrogen and oxygen atoms in total. The molecular formula is C15H25NOS. The van der Waals surface area contributed by atoms with E-state index in [4.69, 9.17) is 0 Å². The van der Waals surface area contributed by atoms with Gasteiger partial charge in [0.05, 0.1) is 6.10 Å². The average molecular weight is 267 g/mol. The zero-order valence-corrected chi connectivity index (χ0v) is 12.5. The van der Waals surface area contributed by atoms with Crippen LogP contribution in [0.25, 0.3) is 0 Å². The number of hydrogen-bond donors (Lipinski definition) is 2. The molecule has 1 aliphatic rings. The largest absolute Gasteiger partial charge is 0.393 e. The van der Waals surface area contributed by atoms with E-state index in [0.29, 0.717) is 6.04 Å². The fraction of sp³-hybridized carbons (Fsp3) is 0.733. The molecule has 1 aliphatic carbocycles. The lowest BCUT2D eigenvalue weighted by Crippen LogP contribution is -2.35. The Kier molecular flexibility index (Phi) is 4.46. The minimum atomic E-state index is -0.218. The molecule has 0 aliphatic heterocycles. The summed E-state index contributed by atoms with van der Waals surface area (Å²) < 4.78 is 0. The summed E-state index contributed by atoms with van der Waals surface area (Å²) in [5.74, 6) is 0. The van der Waals surface area contributed by atoms with Crippen LogP contribution in [-0.4, -0.2) is 17.8 Å². The predicted octanol–water partition coefficient (Wildman–Crippen LogP) is 3.51. The smallest absolute Gasteiger partial charge is 0.0517 e. The maximum Gasteiger partial charge on any atom is 0.0517 e. The highest BCUT2D eigenvalue weighted by Crippen LogP contribution is 2.34.